The zero-order valence-electron chi connectivity index (χ0n) is 9.55. The average Bonchev–Trinajstić information content (AvgIpc) is 2.83. The van der Waals surface area contributed by atoms with E-state index >= 15 is 0 Å². The quantitative estimate of drug-likeness (QED) is 0.890. The highest BCUT2D eigenvalue weighted by atomic mass is 32.2. The summed E-state index contributed by atoms with van der Waals surface area (Å²) in [6, 6.07) is 0.163. The molecule has 4 nitrogen and oxygen atoms in total. The molecule has 1 saturated heterocycles. The molecule has 2 N–H and O–H groups in total. The Morgan fingerprint density at radius 1 is 1.56 bits per heavy atom. The number of hydrogen-bond donors (Lipinski definition) is 1. The molecule has 0 radical (unpaired) electrons. The fourth-order valence-corrected chi connectivity index (χ4v) is 3.43. The Morgan fingerprint density at radius 3 is 3.00 bits per heavy atom. The van der Waals surface area contributed by atoms with E-state index in [2.05, 4.69) is 24.0 Å². The summed E-state index contributed by atoms with van der Waals surface area (Å²) in [4.78, 5) is 4.42. The zero-order valence-corrected chi connectivity index (χ0v) is 11.2. The Kier molecular flexibility index (Phi) is 4.16. The van der Waals surface area contributed by atoms with E-state index < -0.39 is 0 Å². The van der Waals surface area contributed by atoms with Crippen molar-refractivity contribution >= 4 is 23.5 Å². The molecular formula is C10H17N3OS2. The molecule has 16 heavy (non-hydrogen) atoms. The molecule has 6 heteroatoms. The van der Waals surface area contributed by atoms with Crippen LogP contribution in [-0.2, 0) is 5.75 Å². The van der Waals surface area contributed by atoms with Crippen LogP contribution in [-0.4, -0.2) is 32.9 Å². The van der Waals surface area contributed by atoms with Gasteiger partial charge in [-0.05, 0) is 5.25 Å². The number of aromatic nitrogens is 2. The highest BCUT2D eigenvalue weighted by Gasteiger charge is 2.30. The standard InChI is InChI=1S/C10H17N3OS2/c1-6(2)16-5-9-12-10(14-13-9)7-3-15-4-8(7)11/h6-8H,3-5,11H2,1-2H3. The van der Waals surface area contributed by atoms with Gasteiger partial charge in [-0.2, -0.15) is 28.5 Å². The largest absolute Gasteiger partial charge is 0.339 e. The van der Waals surface area contributed by atoms with Crippen molar-refractivity contribution in [2.24, 2.45) is 5.73 Å². The molecule has 0 spiro atoms. The third-order valence-electron chi connectivity index (χ3n) is 2.47. The van der Waals surface area contributed by atoms with Crippen molar-refractivity contribution in [2.75, 3.05) is 11.5 Å². The van der Waals surface area contributed by atoms with Gasteiger partial charge in [-0.1, -0.05) is 19.0 Å². The first-order valence-corrected chi connectivity index (χ1v) is 7.64. The predicted octanol–water partition coefficient (Wildman–Crippen LogP) is 1.87. The second kappa shape index (κ2) is 5.42. The molecule has 1 aromatic heterocycles. The summed E-state index contributed by atoms with van der Waals surface area (Å²) < 4.78 is 5.28. The van der Waals surface area contributed by atoms with Crippen molar-refractivity contribution in [3.8, 4) is 0 Å². The minimum atomic E-state index is 0.163. The fourth-order valence-electron chi connectivity index (χ4n) is 1.54. The van der Waals surface area contributed by atoms with Crippen LogP contribution >= 0.6 is 23.5 Å². The van der Waals surface area contributed by atoms with Gasteiger partial charge in [0.1, 0.15) is 0 Å². The van der Waals surface area contributed by atoms with Crippen molar-refractivity contribution < 1.29 is 4.52 Å². The van der Waals surface area contributed by atoms with Gasteiger partial charge in [-0.15, -0.1) is 0 Å². The lowest BCUT2D eigenvalue weighted by Gasteiger charge is -2.07. The van der Waals surface area contributed by atoms with Gasteiger partial charge in [-0.3, -0.25) is 0 Å². The van der Waals surface area contributed by atoms with Gasteiger partial charge in [0.2, 0.25) is 5.89 Å². The van der Waals surface area contributed by atoms with Crippen molar-refractivity contribution in [1.29, 1.82) is 0 Å². The molecule has 0 bridgehead atoms. The normalized spacial score (nSPS) is 25.5. The van der Waals surface area contributed by atoms with E-state index in [9.17, 15) is 0 Å². The van der Waals surface area contributed by atoms with Gasteiger partial charge in [-0.25, -0.2) is 0 Å². The van der Waals surface area contributed by atoms with E-state index in [1.807, 2.05) is 23.5 Å². The van der Waals surface area contributed by atoms with Crippen molar-refractivity contribution in [3.63, 3.8) is 0 Å². The second-order valence-corrected chi connectivity index (χ2v) is 6.86. The van der Waals surface area contributed by atoms with Crippen LogP contribution in [0.5, 0.6) is 0 Å². The minimum absolute atomic E-state index is 0.163. The Bertz CT molecular complexity index is 343. The SMILES string of the molecule is CC(C)SCc1noc(C2CSCC2N)n1. The van der Waals surface area contributed by atoms with E-state index in [0.717, 1.165) is 29.0 Å². The molecule has 2 unspecified atom stereocenters. The van der Waals surface area contributed by atoms with E-state index in [1.54, 1.807) is 0 Å². The van der Waals surface area contributed by atoms with Crippen LogP contribution in [0.1, 0.15) is 31.5 Å². The average molecular weight is 259 g/mol. The number of nitrogens with zero attached hydrogens (tertiary/aromatic N) is 2. The third-order valence-corrected chi connectivity index (χ3v) is 4.78. The minimum Gasteiger partial charge on any atom is -0.339 e. The molecule has 0 aromatic carbocycles. The Hall–Kier alpha value is -0.200. The summed E-state index contributed by atoms with van der Waals surface area (Å²) >= 11 is 3.67. The second-order valence-electron chi connectivity index (χ2n) is 4.22. The van der Waals surface area contributed by atoms with E-state index in [0.29, 0.717) is 5.25 Å². The molecule has 1 aliphatic rings. The van der Waals surface area contributed by atoms with Crippen LogP contribution in [0, 0.1) is 0 Å². The first-order chi connectivity index (χ1) is 7.66. The molecule has 90 valence electrons. The topological polar surface area (TPSA) is 64.9 Å². The molecule has 0 saturated carbocycles. The predicted molar refractivity (Wildman–Crippen MR) is 68.8 cm³/mol. The van der Waals surface area contributed by atoms with Gasteiger partial charge in [0, 0.05) is 17.5 Å². The summed E-state index contributed by atoms with van der Waals surface area (Å²) in [5.74, 6) is 4.56. The van der Waals surface area contributed by atoms with Crippen molar-refractivity contribution in [1.82, 2.24) is 10.1 Å². The Labute approximate surface area is 104 Å². The highest BCUT2D eigenvalue weighted by molar-refractivity contribution is 7.99. The van der Waals surface area contributed by atoms with Crippen LogP contribution in [0.15, 0.2) is 4.52 Å². The number of thioether (sulfide) groups is 2. The maximum atomic E-state index is 5.99. The zero-order chi connectivity index (χ0) is 11.5. The number of nitrogens with two attached hydrogens (primary N) is 1. The van der Waals surface area contributed by atoms with E-state index in [4.69, 9.17) is 10.3 Å². The first kappa shape index (κ1) is 12.3. The lowest BCUT2D eigenvalue weighted by molar-refractivity contribution is 0.349. The number of rotatable bonds is 4. The summed E-state index contributed by atoms with van der Waals surface area (Å²) in [5.41, 5.74) is 5.99. The molecule has 2 heterocycles. The van der Waals surface area contributed by atoms with Gasteiger partial charge in [0.25, 0.3) is 0 Å². The summed E-state index contributed by atoms with van der Waals surface area (Å²) in [7, 11) is 0. The molecule has 2 atom stereocenters. The van der Waals surface area contributed by atoms with Crippen LogP contribution in [0.4, 0.5) is 0 Å². The lowest BCUT2D eigenvalue weighted by Crippen LogP contribution is -2.26. The van der Waals surface area contributed by atoms with Gasteiger partial charge < -0.3 is 10.3 Å². The molecule has 2 rings (SSSR count). The van der Waals surface area contributed by atoms with Crippen LogP contribution in [0.3, 0.4) is 0 Å². The summed E-state index contributed by atoms with van der Waals surface area (Å²) in [5, 5.41) is 4.58. The highest BCUT2D eigenvalue weighted by Crippen LogP contribution is 2.30. The first-order valence-electron chi connectivity index (χ1n) is 5.44. The summed E-state index contributed by atoms with van der Waals surface area (Å²) in [6.07, 6.45) is 0. The molecular weight excluding hydrogens is 242 g/mol. The summed E-state index contributed by atoms with van der Waals surface area (Å²) in [6.45, 7) is 4.32. The van der Waals surface area contributed by atoms with Crippen LogP contribution in [0.2, 0.25) is 0 Å². The maximum absolute atomic E-state index is 5.99. The van der Waals surface area contributed by atoms with E-state index in [1.165, 1.54) is 0 Å². The molecule has 1 fully saturated rings. The number of hydrogen-bond acceptors (Lipinski definition) is 6. The molecule has 1 aliphatic heterocycles. The molecule has 0 amide bonds. The fraction of sp³-hybridized carbons (Fsp3) is 0.800. The molecule has 1 aromatic rings. The van der Waals surface area contributed by atoms with Crippen LogP contribution in [0.25, 0.3) is 0 Å². The molecule has 0 aliphatic carbocycles. The van der Waals surface area contributed by atoms with Gasteiger partial charge in [0.05, 0.1) is 11.7 Å². The van der Waals surface area contributed by atoms with Gasteiger partial charge in [0.15, 0.2) is 5.82 Å². The monoisotopic (exact) mass is 259 g/mol. The van der Waals surface area contributed by atoms with E-state index in [-0.39, 0.29) is 12.0 Å². The lowest BCUT2D eigenvalue weighted by atomic mass is 10.1. The Balaban J connectivity index is 1.96. The third kappa shape index (κ3) is 2.93. The maximum Gasteiger partial charge on any atom is 0.232 e. The Morgan fingerprint density at radius 2 is 2.38 bits per heavy atom. The van der Waals surface area contributed by atoms with Crippen LogP contribution < -0.4 is 5.73 Å². The van der Waals surface area contributed by atoms with Gasteiger partial charge >= 0.3 is 0 Å². The van der Waals surface area contributed by atoms with Crippen molar-refractivity contribution in [2.45, 2.75) is 36.8 Å². The smallest absolute Gasteiger partial charge is 0.232 e. The van der Waals surface area contributed by atoms with Crippen molar-refractivity contribution in [3.05, 3.63) is 11.7 Å².